The maximum absolute atomic E-state index is 13.1. The molecule has 156 valence electrons. The molecule has 2 heterocycles. The Labute approximate surface area is 167 Å². The van der Waals surface area contributed by atoms with Gasteiger partial charge in [-0.05, 0) is 59.6 Å². The average molecular weight is 392 g/mol. The second kappa shape index (κ2) is 8.80. The van der Waals surface area contributed by atoms with Crippen LogP contribution in [0.2, 0.25) is 0 Å². The Morgan fingerprint density at radius 2 is 1.89 bits per heavy atom. The summed E-state index contributed by atoms with van der Waals surface area (Å²) >= 11 is 0. The summed E-state index contributed by atoms with van der Waals surface area (Å²) in [4.78, 5) is 31.6. The highest BCUT2D eigenvalue weighted by atomic mass is 16.6. The first-order valence-electron chi connectivity index (χ1n) is 9.82. The lowest BCUT2D eigenvalue weighted by Gasteiger charge is -2.41. The predicted octanol–water partition coefficient (Wildman–Crippen LogP) is 3.17. The van der Waals surface area contributed by atoms with Crippen LogP contribution in [-0.4, -0.2) is 53.7 Å². The van der Waals surface area contributed by atoms with E-state index in [2.05, 4.69) is 10.3 Å². The molecular weight excluding hydrogens is 358 g/mol. The molecule has 1 fully saturated rings. The summed E-state index contributed by atoms with van der Waals surface area (Å²) in [6.45, 7) is 10.4. The van der Waals surface area contributed by atoms with Gasteiger partial charge in [0.25, 0.3) is 0 Å². The molecule has 0 bridgehead atoms. The molecule has 0 saturated carbocycles. The average Bonchev–Trinajstić information content (AvgIpc) is 2.61. The van der Waals surface area contributed by atoms with Crippen LogP contribution in [0.1, 0.15) is 53.2 Å². The number of piperidine rings is 1. The molecule has 1 N–H and O–H groups in total. The minimum atomic E-state index is -0.593. The van der Waals surface area contributed by atoms with Gasteiger partial charge in [0.1, 0.15) is 11.4 Å². The first-order valence-corrected chi connectivity index (χ1v) is 9.82. The van der Waals surface area contributed by atoms with Crippen LogP contribution in [0.5, 0.6) is 5.75 Å². The Bertz CT molecular complexity index is 672. The molecule has 1 aliphatic rings. The molecule has 1 aromatic heterocycles. The van der Waals surface area contributed by atoms with Crippen LogP contribution in [-0.2, 0) is 16.0 Å². The number of carbonyl (C=O) groups is 2. The lowest BCUT2D eigenvalue weighted by atomic mass is 9.73. The normalized spacial score (nSPS) is 16.6. The van der Waals surface area contributed by atoms with Crippen molar-refractivity contribution in [3.8, 4) is 5.75 Å². The molecule has 0 aromatic carbocycles. The van der Waals surface area contributed by atoms with Gasteiger partial charge in [0.05, 0.1) is 18.7 Å². The zero-order valence-electron chi connectivity index (χ0n) is 17.9. The Hall–Kier alpha value is -2.31. The standard InChI is InChI=1S/C21H33N3O4/c1-15(2)23-18(25)21(13-16-7-8-17(27-6)14-22-16)9-11-24(12-10-21)19(26)28-20(3,4)5/h7-8,14-15H,9-13H2,1-6H3,(H,23,25). The SMILES string of the molecule is COc1ccc(CC2(C(=O)NC(C)C)CCN(C(=O)OC(C)(C)C)CC2)nc1. The topological polar surface area (TPSA) is 80.8 Å². The Morgan fingerprint density at radius 1 is 1.25 bits per heavy atom. The highest BCUT2D eigenvalue weighted by Crippen LogP contribution is 2.36. The monoisotopic (exact) mass is 391 g/mol. The van der Waals surface area contributed by atoms with E-state index >= 15 is 0 Å². The number of pyridine rings is 1. The molecule has 28 heavy (non-hydrogen) atoms. The van der Waals surface area contributed by atoms with Crippen molar-refractivity contribution in [1.29, 1.82) is 0 Å². The van der Waals surface area contributed by atoms with E-state index in [9.17, 15) is 9.59 Å². The van der Waals surface area contributed by atoms with Crippen LogP contribution < -0.4 is 10.1 Å². The lowest BCUT2D eigenvalue weighted by molar-refractivity contribution is -0.134. The van der Waals surface area contributed by atoms with Crippen molar-refractivity contribution in [2.24, 2.45) is 5.41 Å². The number of likely N-dealkylation sites (tertiary alicyclic amines) is 1. The Morgan fingerprint density at radius 3 is 2.36 bits per heavy atom. The summed E-state index contributed by atoms with van der Waals surface area (Å²) in [7, 11) is 1.60. The van der Waals surface area contributed by atoms with E-state index in [0.717, 1.165) is 5.69 Å². The number of nitrogens with one attached hydrogen (secondary N) is 1. The summed E-state index contributed by atoms with van der Waals surface area (Å²) in [5, 5.41) is 3.05. The number of rotatable bonds is 5. The van der Waals surface area contributed by atoms with Gasteiger partial charge in [0.2, 0.25) is 5.91 Å². The molecule has 2 amide bonds. The summed E-state index contributed by atoms with van der Waals surface area (Å²) < 4.78 is 10.6. The van der Waals surface area contributed by atoms with Crippen molar-refractivity contribution in [2.75, 3.05) is 20.2 Å². The first kappa shape index (κ1) is 22.0. The third-order valence-electron chi connectivity index (χ3n) is 4.83. The first-order chi connectivity index (χ1) is 13.0. The fraction of sp³-hybridized carbons (Fsp3) is 0.667. The molecule has 0 radical (unpaired) electrons. The fourth-order valence-electron chi connectivity index (χ4n) is 3.33. The molecule has 0 atom stereocenters. The minimum Gasteiger partial charge on any atom is -0.495 e. The molecular formula is C21H33N3O4. The number of aromatic nitrogens is 1. The Kier molecular flexibility index (Phi) is 6.91. The molecule has 1 aliphatic heterocycles. The van der Waals surface area contributed by atoms with Gasteiger partial charge in [-0.25, -0.2) is 4.79 Å². The highest BCUT2D eigenvalue weighted by Gasteiger charge is 2.43. The second-order valence-corrected chi connectivity index (χ2v) is 8.74. The van der Waals surface area contributed by atoms with Crippen LogP contribution in [0.4, 0.5) is 4.79 Å². The van der Waals surface area contributed by atoms with Crippen molar-refractivity contribution in [3.05, 3.63) is 24.0 Å². The number of ether oxygens (including phenoxy) is 2. The lowest BCUT2D eigenvalue weighted by Crippen LogP contribution is -2.53. The van der Waals surface area contributed by atoms with Gasteiger partial charge < -0.3 is 19.7 Å². The fourth-order valence-corrected chi connectivity index (χ4v) is 3.33. The summed E-state index contributed by atoms with van der Waals surface area (Å²) in [5.41, 5.74) is -0.289. The maximum atomic E-state index is 13.1. The van der Waals surface area contributed by atoms with Crippen LogP contribution in [0, 0.1) is 5.41 Å². The van der Waals surface area contributed by atoms with E-state index < -0.39 is 11.0 Å². The van der Waals surface area contributed by atoms with Crippen molar-refractivity contribution >= 4 is 12.0 Å². The van der Waals surface area contributed by atoms with Gasteiger partial charge in [0.15, 0.2) is 0 Å². The van der Waals surface area contributed by atoms with Gasteiger partial charge in [-0.2, -0.15) is 0 Å². The highest BCUT2D eigenvalue weighted by molar-refractivity contribution is 5.83. The third kappa shape index (κ3) is 5.84. The minimum absolute atomic E-state index is 0.0176. The summed E-state index contributed by atoms with van der Waals surface area (Å²) in [5.74, 6) is 0.702. The number of hydrogen-bond acceptors (Lipinski definition) is 5. The predicted molar refractivity (Wildman–Crippen MR) is 107 cm³/mol. The van der Waals surface area contributed by atoms with E-state index in [1.54, 1.807) is 18.2 Å². The van der Waals surface area contributed by atoms with Crippen molar-refractivity contribution in [1.82, 2.24) is 15.2 Å². The largest absolute Gasteiger partial charge is 0.495 e. The van der Waals surface area contributed by atoms with Crippen LogP contribution >= 0.6 is 0 Å². The summed E-state index contributed by atoms with van der Waals surface area (Å²) in [6.07, 6.45) is 3.00. The van der Waals surface area contributed by atoms with Crippen LogP contribution in [0.25, 0.3) is 0 Å². The molecule has 0 aliphatic carbocycles. The molecule has 0 unspecified atom stereocenters. The maximum Gasteiger partial charge on any atom is 0.410 e. The number of hydrogen-bond donors (Lipinski definition) is 1. The van der Waals surface area contributed by atoms with E-state index in [4.69, 9.17) is 9.47 Å². The van der Waals surface area contributed by atoms with Gasteiger partial charge in [-0.1, -0.05) is 0 Å². The number of carbonyl (C=O) groups excluding carboxylic acids is 2. The molecule has 7 nitrogen and oxygen atoms in total. The van der Waals surface area contributed by atoms with Crippen molar-refractivity contribution in [2.45, 2.75) is 65.5 Å². The number of methoxy groups -OCH3 is 1. The third-order valence-corrected chi connectivity index (χ3v) is 4.83. The Balaban J connectivity index is 2.14. The van der Waals surface area contributed by atoms with Crippen molar-refractivity contribution in [3.63, 3.8) is 0 Å². The molecule has 7 heteroatoms. The second-order valence-electron chi connectivity index (χ2n) is 8.74. The molecule has 1 aromatic rings. The van der Waals surface area contributed by atoms with Gasteiger partial charge in [-0.15, -0.1) is 0 Å². The zero-order chi connectivity index (χ0) is 20.9. The summed E-state index contributed by atoms with van der Waals surface area (Å²) in [6, 6.07) is 3.80. The quantitative estimate of drug-likeness (QED) is 0.834. The van der Waals surface area contributed by atoms with E-state index in [1.165, 1.54) is 0 Å². The van der Waals surface area contributed by atoms with Crippen molar-refractivity contribution < 1.29 is 19.1 Å². The number of amides is 2. The van der Waals surface area contributed by atoms with Crippen LogP contribution in [0.15, 0.2) is 18.3 Å². The van der Waals surface area contributed by atoms with Gasteiger partial charge in [-0.3, -0.25) is 9.78 Å². The van der Waals surface area contributed by atoms with E-state index in [-0.39, 0.29) is 18.0 Å². The zero-order valence-corrected chi connectivity index (χ0v) is 17.9. The number of nitrogens with zero attached hydrogens (tertiary/aromatic N) is 2. The molecule has 0 spiro atoms. The molecule has 1 saturated heterocycles. The van der Waals surface area contributed by atoms with Crippen LogP contribution in [0.3, 0.4) is 0 Å². The smallest absolute Gasteiger partial charge is 0.410 e. The van der Waals surface area contributed by atoms with Gasteiger partial charge in [0, 0.05) is 31.2 Å². The van der Waals surface area contributed by atoms with Gasteiger partial charge >= 0.3 is 6.09 Å². The molecule has 2 rings (SSSR count). The van der Waals surface area contributed by atoms with E-state index in [1.807, 2.05) is 46.8 Å². The van der Waals surface area contributed by atoms with E-state index in [0.29, 0.717) is 38.1 Å².